The topological polar surface area (TPSA) is 183 Å². The highest BCUT2D eigenvalue weighted by atomic mass is 79.9. The fourth-order valence-electron chi connectivity index (χ4n) is 8.57. The van der Waals surface area contributed by atoms with Gasteiger partial charge in [0.2, 0.25) is 21.3 Å². The van der Waals surface area contributed by atoms with Gasteiger partial charge in [-0.1, -0.05) is 145 Å². The highest BCUT2D eigenvalue weighted by molar-refractivity contribution is 9.10. The van der Waals surface area contributed by atoms with Crippen molar-refractivity contribution in [1.29, 1.82) is 0 Å². The third-order valence-corrected chi connectivity index (χ3v) is 15.1. The van der Waals surface area contributed by atoms with Crippen LogP contribution in [0.4, 0.5) is 0 Å². The van der Waals surface area contributed by atoms with Crippen molar-refractivity contribution in [1.82, 2.24) is 40.2 Å². The molecule has 2 heterocycles. The Morgan fingerprint density at radius 2 is 0.972 bits per heavy atom. The lowest BCUT2D eigenvalue weighted by atomic mass is 9.99. The van der Waals surface area contributed by atoms with E-state index in [4.69, 9.17) is 4.74 Å². The Balaban J connectivity index is 0.000000176. The number of nitrogens with zero attached hydrogens (tertiary/aromatic N) is 6. The Hall–Kier alpha value is -6.34. The number of hydrogen-bond donors (Lipinski definition) is 3. The Kier molecular flexibility index (Phi) is 16.0. The Morgan fingerprint density at radius 3 is 1.38 bits per heavy atom. The van der Waals surface area contributed by atoms with E-state index in [1.54, 1.807) is 0 Å². The number of hydrogen-bond acceptors (Lipinski definition) is 11. The van der Waals surface area contributed by atoms with Crippen molar-refractivity contribution in [3.05, 3.63) is 165 Å². The SMILES string of the molecule is COC(=O)C(Cc1ccccc1)NC(=O)CSc1nnc(Br)n1-c1ccc(C2CC2)c2ccccc12.O=C(CSc1nnc(Br)n1-c1ccc(C2CC2)c2ccccc12)NC(Cc1ccccc1)C(=O)O. The summed E-state index contributed by atoms with van der Waals surface area (Å²) in [4.78, 5) is 49.5. The molecule has 8 aromatic rings. The number of thioether (sulfide) groups is 2. The smallest absolute Gasteiger partial charge is 0.328 e. The molecule has 3 N–H and O–H groups in total. The van der Waals surface area contributed by atoms with E-state index in [9.17, 15) is 24.3 Å². The second kappa shape index (κ2) is 22.8. The van der Waals surface area contributed by atoms with E-state index in [0.29, 0.717) is 38.0 Å². The molecule has 18 heteroatoms. The zero-order valence-electron chi connectivity index (χ0n) is 38.4. The molecule has 0 spiro atoms. The summed E-state index contributed by atoms with van der Waals surface area (Å²) in [5.74, 6) is -0.874. The molecule has 0 radical (unpaired) electrons. The molecule has 14 nitrogen and oxygen atoms in total. The molecule has 0 saturated heterocycles. The monoisotopic (exact) mass is 1110 g/mol. The lowest BCUT2D eigenvalue weighted by Crippen LogP contribution is -2.43. The summed E-state index contributed by atoms with van der Waals surface area (Å²) in [5, 5.41) is 37.7. The zero-order chi connectivity index (χ0) is 49.4. The summed E-state index contributed by atoms with van der Waals surface area (Å²) in [6.45, 7) is 0. The van der Waals surface area contributed by atoms with E-state index in [0.717, 1.165) is 33.3 Å². The second-order valence-electron chi connectivity index (χ2n) is 17.2. The number of carboxylic acid groups (broad SMARTS) is 1. The van der Waals surface area contributed by atoms with Crippen LogP contribution >= 0.6 is 55.4 Å². The van der Waals surface area contributed by atoms with E-state index in [-0.39, 0.29) is 29.7 Å². The standard InChI is InChI=1S/C27H25BrN4O3S.C26H23BrN4O3S/c1-35-25(34)22(15-17-7-3-2-4-8-17)29-24(33)16-36-27-31-30-26(28)32(27)23-14-13-19(18-11-12-18)20-9-5-6-10-21(20)23;27-25-29-30-26(35-15-23(32)28-21(24(33)34)14-16-6-2-1-3-7-16)31(25)22-13-12-18(17-10-11-17)19-8-4-5-9-20(19)22/h2-10,13-14,18,22H,11-12,15-16H2,1H3,(H,29,33);1-9,12-13,17,21H,10-11,14-15H2,(H,28,32)(H,33,34). The van der Waals surface area contributed by atoms with Gasteiger partial charge in [-0.3, -0.25) is 18.7 Å². The van der Waals surface area contributed by atoms with Gasteiger partial charge >= 0.3 is 11.9 Å². The van der Waals surface area contributed by atoms with E-state index in [1.807, 2.05) is 88.0 Å². The van der Waals surface area contributed by atoms with Crippen molar-refractivity contribution in [2.24, 2.45) is 0 Å². The van der Waals surface area contributed by atoms with E-state index in [2.05, 4.69) is 117 Å². The molecule has 0 bridgehead atoms. The summed E-state index contributed by atoms with van der Waals surface area (Å²) < 4.78 is 9.81. The van der Waals surface area contributed by atoms with Crippen LogP contribution in [0.15, 0.2) is 153 Å². The van der Waals surface area contributed by atoms with Gasteiger partial charge in [-0.2, -0.15) is 0 Å². The maximum Gasteiger partial charge on any atom is 0.328 e. The predicted molar refractivity (Wildman–Crippen MR) is 282 cm³/mol. The first kappa shape index (κ1) is 49.6. The highest BCUT2D eigenvalue weighted by Gasteiger charge is 2.29. The van der Waals surface area contributed by atoms with E-state index in [1.165, 1.54) is 78.2 Å². The number of aromatic nitrogens is 6. The van der Waals surface area contributed by atoms with Crippen LogP contribution in [0.5, 0.6) is 0 Å². The molecule has 71 heavy (non-hydrogen) atoms. The number of benzene rings is 6. The van der Waals surface area contributed by atoms with Gasteiger partial charge in [0.25, 0.3) is 0 Å². The first-order valence-electron chi connectivity index (χ1n) is 23.0. The average Bonchev–Trinajstić information content (AvgIpc) is 4.34. The van der Waals surface area contributed by atoms with Crippen molar-refractivity contribution >= 4 is 101 Å². The minimum absolute atomic E-state index is 0.0157. The van der Waals surface area contributed by atoms with Crippen LogP contribution < -0.4 is 10.6 Å². The maximum absolute atomic E-state index is 12.8. The molecule has 2 aromatic heterocycles. The molecule has 2 aliphatic carbocycles. The van der Waals surface area contributed by atoms with Crippen LogP contribution in [-0.2, 0) is 36.8 Å². The van der Waals surface area contributed by atoms with Gasteiger partial charge in [0, 0.05) is 23.6 Å². The van der Waals surface area contributed by atoms with Crippen molar-refractivity contribution in [2.45, 2.75) is 72.8 Å². The summed E-state index contributed by atoms with van der Waals surface area (Å²) in [5.41, 5.74) is 6.40. The predicted octanol–water partition coefficient (Wildman–Crippen LogP) is 10.0. The molecule has 2 atom stereocenters. The molecule has 6 aromatic carbocycles. The minimum atomic E-state index is -1.07. The van der Waals surface area contributed by atoms with Crippen molar-refractivity contribution in [3.8, 4) is 11.4 Å². The summed E-state index contributed by atoms with van der Waals surface area (Å²) in [7, 11) is 1.32. The number of aliphatic carboxylic acids is 1. The number of carbonyl (C=O) groups is 4. The minimum Gasteiger partial charge on any atom is -0.480 e. The molecule has 362 valence electrons. The third kappa shape index (κ3) is 12.1. The fraction of sp³-hybridized carbons (Fsp3) is 0.245. The summed E-state index contributed by atoms with van der Waals surface area (Å²) >= 11 is 9.51. The molecule has 2 aliphatic rings. The first-order valence-corrected chi connectivity index (χ1v) is 26.6. The molecular formula is C53H48Br2N8O6S2. The second-order valence-corrected chi connectivity index (χ2v) is 20.5. The van der Waals surface area contributed by atoms with E-state index < -0.39 is 24.0 Å². The molecule has 2 saturated carbocycles. The molecule has 10 rings (SSSR count). The van der Waals surface area contributed by atoms with Crippen LogP contribution in [0.2, 0.25) is 0 Å². The van der Waals surface area contributed by atoms with Crippen LogP contribution in [-0.4, -0.2) is 89.1 Å². The van der Waals surface area contributed by atoms with Gasteiger partial charge in [-0.05, 0) is 115 Å². The average molecular weight is 1120 g/mol. The van der Waals surface area contributed by atoms with Crippen molar-refractivity contribution < 1.29 is 29.0 Å². The van der Waals surface area contributed by atoms with Crippen LogP contribution in [0, 0.1) is 0 Å². The lowest BCUT2D eigenvalue weighted by molar-refractivity contribution is -0.144. The van der Waals surface area contributed by atoms with Gasteiger partial charge in [-0.25, -0.2) is 9.59 Å². The number of carbonyl (C=O) groups excluding carboxylic acids is 3. The van der Waals surface area contributed by atoms with Gasteiger partial charge < -0.3 is 20.5 Å². The van der Waals surface area contributed by atoms with Gasteiger partial charge in [0.15, 0.2) is 10.3 Å². The molecule has 2 fully saturated rings. The highest BCUT2D eigenvalue weighted by Crippen LogP contribution is 2.46. The number of carboxylic acids is 1. The first-order chi connectivity index (χ1) is 34.6. The number of ether oxygens (including phenoxy) is 1. The van der Waals surface area contributed by atoms with Gasteiger partial charge in [0.05, 0.1) is 30.0 Å². The molecular weight excluding hydrogens is 1070 g/mol. The number of esters is 1. The Bertz CT molecular complexity index is 3220. The normalized spacial score (nSPS) is 14.0. The van der Waals surface area contributed by atoms with Crippen LogP contribution in [0.3, 0.4) is 0 Å². The Morgan fingerprint density at radius 1 is 0.577 bits per heavy atom. The number of halogens is 2. The Labute approximate surface area is 435 Å². The van der Waals surface area contributed by atoms with Crippen LogP contribution in [0.25, 0.3) is 32.9 Å². The summed E-state index contributed by atoms with van der Waals surface area (Å²) in [6.07, 6.45) is 5.47. The third-order valence-electron chi connectivity index (χ3n) is 12.3. The number of nitrogens with one attached hydrogen (secondary N) is 2. The molecule has 2 unspecified atom stereocenters. The van der Waals surface area contributed by atoms with E-state index >= 15 is 0 Å². The fourth-order valence-corrected chi connectivity index (χ4v) is 11.2. The quantitative estimate of drug-likeness (QED) is 0.0547. The molecule has 0 aliphatic heterocycles. The van der Waals surface area contributed by atoms with Crippen molar-refractivity contribution in [2.75, 3.05) is 18.6 Å². The van der Waals surface area contributed by atoms with Gasteiger partial charge in [-0.15, -0.1) is 20.4 Å². The van der Waals surface area contributed by atoms with Crippen LogP contribution in [0.1, 0.15) is 59.8 Å². The number of methoxy groups -OCH3 is 1. The zero-order valence-corrected chi connectivity index (χ0v) is 43.2. The number of amides is 2. The van der Waals surface area contributed by atoms with Gasteiger partial charge in [0.1, 0.15) is 12.1 Å². The largest absolute Gasteiger partial charge is 0.480 e. The summed E-state index contributed by atoms with van der Waals surface area (Å²) in [6, 6.07) is 42.2. The van der Waals surface area contributed by atoms with Crippen molar-refractivity contribution in [3.63, 3.8) is 0 Å². The molecule has 2 amide bonds. The maximum atomic E-state index is 12.8. The number of fused-ring (bicyclic) bond motifs is 2. The lowest BCUT2D eigenvalue weighted by Gasteiger charge is -2.17. The number of rotatable bonds is 18.